The monoisotopic (exact) mass is 428 g/mol. The molecule has 7 nitrogen and oxygen atoms in total. The Morgan fingerprint density at radius 1 is 1.06 bits per heavy atom. The molecular formula is C23H17ClN6O. The molecule has 0 unspecified atom stereocenters. The van der Waals surface area contributed by atoms with E-state index >= 15 is 0 Å². The van der Waals surface area contributed by atoms with E-state index < -0.39 is 0 Å². The van der Waals surface area contributed by atoms with E-state index in [4.69, 9.17) is 16.6 Å². The Kier molecular flexibility index (Phi) is 4.11. The molecule has 0 bridgehead atoms. The van der Waals surface area contributed by atoms with Gasteiger partial charge in [-0.25, -0.2) is 4.98 Å². The number of benzene rings is 1. The summed E-state index contributed by atoms with van der Waals surface area (Å²) in [5, 5.41) is 8.92. The molecule has 0 saturated heterocycles. The minimum absolute atomic E-state index is 0.0785. The zero-order valence-electron chi connectivity index (χ0n) is 16.4. The summed E-state index contributed by atoms with van der Waals surface area (Å²) < 4.78 is 2.07. The summed E-state index contributed by atoms with van der Waals surface area (Å²) in [6, 6.07) is 13.7. The highest BCUT2D eigenvalue weighted by molar-refractivity contribution is 6.33. The van der Waals surface area contributed by atoms with Gasteiger partial charge in [-0.1, -0.05) is 29.8 Å². The number of pyridine rings is 2. The van der Waals surface area contributed by atoms with Crippen molar-refractivity contribution in [1.82, 2.24) is 24.7 Å². The molecule has 0 atom stereocenters. The second-order valence-electron chi connectivity index (χ2n) is 7.79. The number of carbonyl (C=O) groups excluding carboxylic acids is 1. The molecule has 1 amide bonds. The van der Waals surface area contributed by atoms with Crippen LogP contribution in [0.3, 0.4) is 0 Å². The summed E-state index contributed by atoms with van der Waals surface area (Å²) >= 11 is 6.32. The third-order valence-electron chi connectivity index (χ3n) is 5.75. The van der Waals surface area contributed by atoms with Gasteiger partial charge in [0.1, 0.15) is 17.8 Å². The zero-order valence-corrected chi connectivity index (χ0v) is 17.2. The molecule has 4 heterocycles. The lowest BCUT2D eigenvalue weighted by Crippen LogP contribution is -2.24. The first-order valence-corrected chi connectivity index (χ1v) is 10.5. The number of hydrogen-bond donors (Lipinski definition) is 0. The number of anilines is 1. The second-order valence-corrected chi connectivity index (χ2v) is 8.20. The van der Waals surface area contributed by atoms with Crippen molar-refractivity contribution in [3.63, 3.8) is 0 Å². The third-order valence-corrected chi connectivity index (χ3v) is 6.08. The SMILES string of the molecule is O=C1c2cc(-c3cnccc3Cl)ccc2CN1c1cccc(-c2nncn2C2CC2)n1. The molecule has 3 aromatic heterocycles. The topological polar surface area (TPSA) is 76.8 Å². The molecule has 8 heteroatoms. The normalized spacial score (nSPS) is 15.4. The van der Waals surface area contributed by atoms with Crippen LogP contribution >= 0.6 is 11.6 Å². The molecule has 4 aromatic rings. The summed E-state index contributed by atoms with van der Waals surface area (Å²) in [6.07, 6.45) is 7.38. The van der Waals surface area contributed by atoms with E-state index in [2.05, 4.69) is 19.7 Å². The number of aromatic nitrogens is 5. The highest BCUT2D eigenvalue weighted by atomic mass is 35.5. The first-order valence-electron chi connectivity index (χ1n) is 10.1. The van der Waals surface area contributed by atoms with Crippen LogP contribution in [0.25, 0.3) is 22.6 Å². The Balaban J connectivity index is 1.34. The number of nitrogens with zero attached hydrogens (tertiary/aromatic N) is 6. The quantitative estimate of drug-likeness (QED) is 0.476. The Morgan fingerprint density at radius 3 is 2.81 bits per heavy atom. The van der Waals surface area contributed by atoms with Gasteiger partial charge in [0.25, 0.3) is 5.91 Å². The van der Waals surface area contributed by atoms with Gasteiger partial charge in [0.15, 0.2) is 5.82 Å². The van der Waals surface area contributed by atoms with Crippen molar-refractivity contribution in [2.24, 2.45) is 0 Å². The molecule has 0 spiro atoms. The van der Waals surface area contributed by atoms with E-state index in [0.29, 0.717) is 34.7 Å². The van der Waals surface area contributed by atoms with Crippen molar-refractivity contribution in [3.05, 3.63) is 77.3 Å². The van der Waals surface area contributed by atoms with Gasteiger partial charge in [-0.05, 0) is 48.2 Å². The van der Waals surface area contributed by atoms with Crippen molar-refractivity contribution in [3.8, 4) is 22.6 Å². The Labute approximate surface area is 183 Å². The molecule has 2 aliphatic rings. The smallest absolute Gasteiger partial charge is 0.260 e. The summed E-state index contributed by atoms with van der Waals surface area (Å²) in [7, 11) is 0. The standard InChI is InChI=1S/C23H17ClN6O/c24-19-8-9-25-11-18(19)14-4-5-15-12-29(23(31)17(15)10-14)21-3-1-2-20(27-21)22-28-26-13-30(22)16-6-7-16/h1-5,8-11,13,16H,6-7,12H2. The molecule has 1 aliphatic carbocycles. The van der Waals surface area contributed by atoms with Crippen LogP contribution in [0.15, 0.2) is 61.2 Å². The Hall–Kier alpha value is -3.58. The Bertz CT molecular complexity index is 1330. The third kappa shape index (κ3) is 3.09. The number of hydrogen-bond acceptors (Lipinski definition) is 5. The molecule has 1 saturated carbocycles. The summed E-state index contributed by atoms with van der Waals surface area (Å²) in [5.41, 5.74) is 4.01. The maximum atomic E-state index is 13.3. The van der Waals surface area contributed by atoms with Crippen LogP contribution in [0, 0.1) is 0 Å². The van der Waals surface area contributed by atoms with E-state index in [1.54, 1.807) is 29.7 Å². The largest absolute Gasteiger partial charge is 0.309 e. The molecule has 6 rings (SSSR count). The molecule has 0 N–H and O–H groups in total. The van der Waals surface area contributed by atoms with Crippen LogP contribution in [0.4, 0.5) is 5.82 Å². The second kappa shape index (κ2) is 6.99. The van der Waals surface area contributed by atoms with E-state index in [1.165, 1.54) is 0 Å². The highest BCUT2D eigenvalue weighted by Gasteiger charge is 2.31. The van der Waals surface area contributed by atoms with Crippen molar-refractivity contribution >= 4 is 23.3 Å². The van der Waals surface area contributed by atoms with Crippen LogP contribution < -0.4 is 4.90 Å². The van der Waals surface area contributed by atoms with Crippen molar-refractivity contribution in [1.29, 1.82) is 0 Å². The van der Waals surface area contributed by atoms with E-state index in [9.17, 15) is 4.79 Å². The number of carbonyl (C=O) groups is 1. The maximum absolute atomic E-state index is 13.3. The van der Waals surface area contributed by atoms with Gasteiger partial charge in [0.05, 0.1) is 11.6 Å². The predicted molar refractivity (Wildman–Crippen MR) is 117 cm³/mol. The van der Waals surface area contributed by atoms with Crippen LogP contribution in [0.1, 0.15) is 34.8 Å². The van der Waals surface area contributed by atoms with Crippen LogP contribution in [0.5, 0.6) is 0 Å². The molecule has 1 aliphatic heterocycles. The predicted octanol–water partition coefficient (Wildman–Crippen LogP) is 4.55. The van der Waals surface area contributed by atoms with Crippen LogP contribution in [-0.4, -0.2) is 30.6 Å². The summed E-state index contributed by atoms with van der Waals surface area (Å²) in [4.78, 5) is 23.8. The lowest BCUT2D eigenvalue weighted by atomic mass is 10.0. The minimum Gasteiger partial charge on any atom is -0.309 e. The highest BCUT2D eigenvalue weighted by Crippen LogP contribution is 2.38. The first kappa shape index (κ1) is 18.2. The van der Waals surface area contributed by atoms with Crippen molar-refractivity contribution in [2.45, 2.75) is 25.4 Å². The van der Waals surface area contributed by atoms with Gasteiger partial charge in [-0.3, -0.25) is 14.7 Å². The van der Waals surface area contributed by atoms with Crippen molar-refractivity contribution in [2.75, 3.05) is 4.90 Å². The van der Waals surface area contributed by atoms with Gasteiger partial charge in [-0.15, -0.1) is 10.2 Å². The van der Waals surface area contributed by atoms with Gasteiger partial charge in [0, 0.05) is 29.6 Å². The van der Waals surface area contributed by atoms with Crippen molar-refractivity contribution < 1.29 is 4.79 Å². The van der Waals surface area contributed by atoms with E-state index in [-0.39, 0.29) is 5.91 Å². The Morgan fingerprint density at radius 2 is 1.97 bits per heavy atom. The fourth-order valence-electron chi connectivity index (χ4n) is 3.99. The van der Waals surface area contributed by atoms with Crippen LogP contribution in [0.2, 0.25) is 5.02 Å². The first-order chi connectivity index (χ1) is 15.2. The number of amides is 1. The van der Waals surface area contributed by atoms with Gasteiger partial charge in [0.2, 0.25) is 0 Å². The molecular weight excluding hydrogens is 412 g/mol. The number of rotatable bonds is 4. The van der Waals surface area contributed by atoms with E-state index in [1.807, 2.05) is 36.4 Å². The molecule has 31 heavy (non-hydrogen) atoms. The fourth-order valence-corrected chi connectivity index (χ4v) is 4.20. The van der Waals surface area contributed by atoms with Gasteiger partial charge >= 0.3 is 0 Å². The summed E-state index contributed by atoms with van der Waals surface area (Å²) in [6.45, 7) is 0.473. The molecule has 1 fully saturated rings. The molecule has 1 aromatic carbocycles. The minimum atomic E-state index is -0.0785. The maximum Gasteiger partial charge on any atom is 0.260 e. The molecule has 0 radical (unpaired) electrons. The number of fused-ring (bicyclic) bond motifs is 1. The average Bonchev–Trinajstić information content (AvgIpc) is 3.43. The molecule has 152 valence electrons. The fraction of sp³-hybridized carbons (Fsp3) is 0.174. The van der Waals surface area contributed by atoms with Crippen LogP contribution in [-0.2, 0) is 6.54 Å². The summed E-state index contributed by atoms with van der Waals surface area (Å²) in [5.74, 6) is 1.26. The average molecular weight is 429 g/mol. The van der Waals surface area contributed by atoms with Gasteiger partial charge < -0.3 is 4.57 Å². The zero-order chi connectivity index (χ0) is 20.9. The van der Waals surface area contributed by atoms with E-state index in [0.717, 1.165) is 35.4 Å². The lowest BCUT2D eigenvalue weighted by Gasteiger charge is -2.15. The number of halogens is 1. The van der Waals surface area contributed by atoms with Gasteiger partial charge in [-0.2, -0.15) is 0 Å². The lowest BCUT2D eigenvalue weighted by molar-refractivity contribution is 0.0996.